The van der Waals surface area contributed by atoms with Gasteiger partial charge in [0.1, 0.15) is 12.5 Å². The fraction of sp³-hybridized carbons (Fsp3) is 0.333. The van der Waals surface area contributed by atoms with Crippen molar-refractivity contribution in [2.75, 3.05) is 34.6 Å². The molecule has 6 N–H and O–H groups in total. The summed E-state index contributed by atoms with van der Waals surface area (Å²) in [6, 6.07) is 17.2. The number of aliphatic hydroxyl groups excluding tert-OH is 2. The summed E-state index contributed by atoms with van der Waals surface area (Å²) in [5.74, 6) is 1.17. The summed E-state index contributed by atoms with van der Waals surface area (Å²) in [4.78, 5) is 10.5. The molecule has 3 aromatic rings. The van der Waals surface area contributed by atoms with Crippen LogP contribution >= 0.6 is 0 Å². The van der Waals surface area contributed by atoms with Crippen molar-refractivity contribution in [3.05, 3.63) is 66.4 Å². The van der Waals surface area contributed by atoms with Crippen molar-refractivity contribution in [3.8, 4) is 0 Å². The fourth-order valence-corrected chi connectivity index (χ4v) is 3.46. The summed E-state index contributed by atoms with van der Waals surface area (Å²) in [7, 11) is 0. The average molecular weight is 437 g/mol. The van der Waals surface area contributed by atoms with Crippen LogP contribution in [0.1, 0.15) is 32.4 Å². The number of hydrogen-bond acceptors (Lipinski definition) is 8. The fourth-order valence-electron chi connectivity index (χ4n) is 3.46. The molecule has 0 aliphatic carbocycles. The zero-order valence-corrected chi connectivity index (χ0v) is 18.7. The Kier molecular flexibility index (Phi) is 7.86. The highest BCUT2D eigenvalue weighted by Crippen LogP contribution is 2.24. The van der Waals surface area contributed by atoms with E-state index in [1.807, 2.05) is 69.3 Å². The second kappa shape index (κ2) is 10.8. The largest absolute Gasteiger partial charge is 0.399 e. The van der Waals surface area contributed by atoms with Crippen molar-refractivity contribution in [2.45, 2.75) is 32.9 Å². The minimum Gasteiger partial charge on any atom is -0.399 e. The number of anilines is 5. The molecular weight excluding hydrogens is 404 g/mol. The van der Waals surface area contributed by atoms with E-state index in [0.717, 1.165) is 22.6 Å². The Morgan fingerprint density at radius 3 is 2.12 bits per heavy atom. The summed E-state index contributed by atoms with van der Waals surface area (Å²) in [6.07, 6.45) is 1.65. The van der Waals surface area contributed by atoms with Crippen LogP contribution in [0.3, 0.4) is 0 Å². The van der Waals surface area contributed by atoms with Crippen LogP contribution in [-0.2, 0) is 0 Å². The molecule has 0 saturated heterocycles. The third-order valence-corrected chi connectivity index (χ3v) is 5.40. The van der Waals surface area contributed by atoms with Gasteiger partial charge >= 0.3 is 0 Å². The van der Waals surface area contributed by atoms with Gasteiger partial charge in [-0.2, -0.15) is 4.98 Å². The Bertz CT molecular complexity index is 979. The zero-order chi connectivity index (χ0) is 23.1. The first-order chi connectivity index (χ1) is 15.4. The predicted octanol–water partition coefficient (Wildman–Crippen LogP) is 3.75. The molecule has 0 unspecified atom stereocenters. The Labute approximate surface area is 189 Å². The zero-order valence-electron chi connectivity index (χ0n) is 18.7. The van der Waals surface area contributed by atoms with E-state index in [2.05, 4.69) is 20.6 Å². The van der Waals surface area contributed by atoms with Crippen LogP contribution in [0.5, 0.6) is 0 Å². The lowest BCUT2D eigenvalue weighted by molar-refractivity contribution is 0.195. The summed E-state index contributed by atoms with van der Waals surface area (Å²) >= 11 is 0. The number of rotatable bonds is 10. The molecule has 1 heterocycles. The highest BCUT2D eigenvalue weighted by Gasteiger charge is 2.22. The van der Waals surface area contributed by atoms with E-state index < -0.39 is 0 Å². The van der Waals surface area contributed by atoms with E-state index in [9.17, 15) is 10.2 Å². The number of nitrogens with one attached hydrogen (secondary N) is 2. The van der Waals surface area contributed by atoms with Gasteiger partial charge in [0, 0.05) is 23.3 Å². The van der Waals surface area contributed by atoms with Gasteiger partial charge in [-0.15, -0.1) is 0 Å². The molecule has 0 bridgehead atoms. The number of nitrogens with two attached hydrogens (primary N) is 1. The quantitative estimate of drug-likeness (QED) is 0.241. The maximum absolute atomic E-state index is 9.85. The van der Waals surface area contributed by atoms with Gasteiger partial charge in [-0.05, 0) is 60.9 Å². The number of benzene rings is 2. The van der Waals surface area contributed by atoms with Crippen LogP contribution in [0.15, 0.2) is 60.8 Å². The second-order valence-electron chi connectivity index (χ2n) is 8.08. The van der Waals surface area contributed by atoms with Gasteiger partial charge in [-0.3, -0.25) is 0 Å². The van der Waals surface area contributed by atoms with Crippen molar-refractivity contribution in [2.24, 2.45) is 5.92 Å². The van der Waals surface area contributed by atoms with Gasteiger partial charge in [-0.1, -0.05) is 26.0 Å². The van der Waals surface area contributed by atoms with Gasteiger partial charge < -0.3 is 31.5 Å². The average Bonchev–Trinajstić information content (AvgIpc) is 2.79. The topological polar surface area (TPSA) is 120 Å². The molecule has 0 aliphatic heterocycles. The van der Waals surface area contributed by atoms with Crippen molar-refractivity contribution in [1.29, 1.82) is 0 Å². The van der Waals surface area contributed by atoms with E-state index in [1.54, 1.807) is 17.2 Å². The van der Waals surface area contributed by atoms with Crippen LogP contribution in [-0.4, -0.2) is 39.6 Å². The van der Waals surface area contributed by atoms with Crippen LogP contribution in [0.2, 0.25) is 0 Å². The summed E-state index contributed by atoms with van der Waals surface area (Å²) in [5, 5.41) is 26.2. The molecule has 0 radical (unpaired) electrons. The Balaban J connectivity index is 1.68. The molecular formula is C24H32N6O2. The van der Waals surface area contributed by atoms with Crippen molar-refractivity contribution in [1.82, 2.24) is 9.97 Å². The third-order valence-electron chi connectivity index (χ3n) is 5.40. The summed E-state index contributed by atoms with van der Waals surface area (Å²) in [6.45, 7) is 5.72. The smallest absolute Gasteiger partial charge is 0.225 e. The molecule has 0 fully saturated rings. The third kappa shape index (κ3) is 5.87. The van der Waals surface area contributed by atoms with Gasteiger partial charge in [0.05, 0.1) is 18.7 Å². The molecule has 0 amide bonds. The van der Waals surface area contributed by atoms with Gasteiger partial charge in [0.25, 0.3) is 0 Å². The van der Waals surface area contributed by atoms with Crippen molar-refractivity contribution in [3.63, 3.8) is 0 Å². The summed E-state index contributed by atoms with van der Waals surface area (Å²) < 4.78 is 0. The van der Waals surface area contributed by atoms with E-state index in [-0.39, 0.29) is 31.3 Å². The second-order valence-corrected chi connectivity index (χ2v) is 8.08. The molecule has 32 heavy (non-hydrogen) atoms. The monoisotopic (exact) mass is 436 g/mol. The number of nitrogens with zero attached hydrogens (tertiary/aromatic N) is 3. The molecule has 1 aromatic heterocycles. The van der Waals surface area contributed by atoms with Gasteiger partial charge in [-0.25, -0.2) is 4.98 Å². The first-order valence-electron chi connectivity index (χ1n) is 10.7. The summed E-state index contributed by atoms with van der Waals surface area (Å²) in [5.41, 5.74) is 9.50. The molecule has 170 valence electrons. The predicted molar refractivity (Wildman–Crippen MR) is 130 cm³/mol. The van der Waals surface area contributed by atoms with Crippen molar-refractivity contribution >= 4 is 28.8 Å². The van der Waals surface area contributed by atoms with E-state index in [0.29, 0.717) is 11.8 Å². The molecule has 2 atom stereocenters. The number of aromatic nitrogens is 2. The van der Waals surface area contributed by atoms with Crippen LogP contribution in [0, 0.1) is 5.92 Å². The van der Waals surface area contributed by atoms with Gasteiger partial charge in [0.15, 0.2) is 0 Å². The standard InChI is InChI=1S/C24H32N6O2/c1-16(2)22(14-31)30(15-32)23-12-13-26-24(29-23)27-17(3)18-4-8-20(9-5-18)28-21-10-6-19(25)7-11-21/h4-13,16-17,22,28,31-32H,14-15,25H2,1-3H3,(H,26,27,29)/t17-,22+/m0/s1. The minimum atomic E-state index is -0.238. The maximum Gasteiger partial charge on any atom is 0.225 e. The van der Waals surface area contributed by atoms with Gasteiger partial charge in [0.2, 0.25) is 5.95 Å². The number of aliphatic hydroxyl groups is 2. The number of nitrogen functional groups attached to an aromatic ring is 1. The van der Waals surface area contributed by atoms with Crippen LogP contribution < -0.4 is 21.3 Å². The Morgan fingerprint density at radius 2 is 1.56 bits per heavy atom. The lowest BCUT2D eigenvalue weighted by Crippen LogP contribution is -2.43. The highest BCUT2D eigenvalue weighted by molar-refractivity contribution is 5.62. The number of hydrogen-bond donors (Lipinski definition) is 5. The Morgan fingerprint density at radius 1 is 0.938 bits per heavy atom. The molecule has 8 heteroatoms. The maximum atomic E-state index is 9.85. The molecule has 0 aliphatic rings. The molecule has 8 nitrogen and oxygen atoms in total. The lowest BCUT2D eigenvalue weighted by Gasteiger charge is -2.32. The SMILES string of the molecule is CC(C)[C@@H](CO)N(CO)c1ccnc(N[C@@H](C)c2ccc(Nc3ccc(N)cc3)cc2)n1. The molecule has 2 aromatic carbocycles. The first-order valence-corrected chi connectivity index (χ1v) is 10.7. The van der Waals surface area contributed by atoms with E-state index in [1.165, 1.54) is 0 Å². The lowest BCUT2D eigenvalue weighted by atomic mass is 10.0. The van der Waals surface area contributed by atoms with E-state index >= 15 is 0 Å². The Hall–Kier alpha value is -3.36. The first kappa shape index (κ1) is 23.3. The van der Waals surface area contributed by atoms with Crippen molar-refractivity contribution < 1.29 is 10.2 Å². The molecule has 0 saturated carbocycles. The normalized spacial score (nSPS) is 12.9. The molecule has 3 rings (SSSR count). The highest BCUT2D eigenvalue weighted by atomic mass is 16.3. The minimum absolute atomic E-state index is 0.0304. The van der Waals surface area contributed by atoms with Crippen LogP contribution in [0.25, 0.3) is 0 Å². The van der Waals surface area contributed by atoms with E-state index in [4.69, 9.17) is 5.73 Å². The molecule has 0 spiro atoms. The van der Waals surface area contributed by atoms with Crippen LogP contribution in [0.4, 0.5) is 28.8 Å².